The standard InChI is InChI=1S/C11H15NO2.N3/c1-12(2)8-9-14-11(13)10-6-4-3-5-7-10;1-3-2/h3-7H,8-9H2,1-2H3;/q;-1/p+1. The molecule has 0 amide bonds. The summed E-state index contributed by atoms with van der Waals surface area (Å²) in [7, 11) is 4.05. The monoisotopic (exact) mass is 236 g/mol. The number of esters is 1. The van der Waals surface area contributed by atoms with E-state index in [1.807, 2.05) is 32.3 Å². The maximum absolute atomic E-state index is 11.4. The van der Waals surface area contributed by atoms with Crippen LogP contribution in [0.2, 0.25) is 0 Å². The molecule has 1 aromatic carbocycles. The molecule has 0 spiro atoms. The van der Waals surface area contributed by atoms with Gasteiger partial charge in [-0.1, -0.05) is 18.2 Å². The number of hydrogen-bond donors (Lipinski definition) is 1. The minimum atomic E-state index is -0.244. The Balaban J connectivity index is 0.000000770. The average molecular weight is 236 g/mol. The Bertz CT molecular complexity index is 359. The van der Waals surface area contributed by atoms with Crippen molar-refractivity contribution >= 4 is 5.97 Å². The van der Waals surface area contributed by atoms with Gasteiger partial charge < -0.3 is 20.7 Å². The first-order chi connectivity index (χ1) is 8.11. The molecule has 0 aliphatic rings. The van der Waals surface area contributed by atoms with Crippen LogP contribution in [0, 0.1) is 0 Å². The van der Waals surface area contributed by atoms with Crippen molar-refractivity contribution < 1.29 is 14.4 Å². The van der Waals surface area contributed by atoms with Gasteiger partial charge >= 0.3 is 5.97 Å². The van der Waals surface area contributed by atoms with Crippen molar-refractivity contribution in [2.24, 2.45) is 0 Å². The highest BCUT2D eigenvalue weighted by Crippen LogP contribution is 1.99. The summed E-state index contributed by atoms with van der Waals surface area (Å²) in [5.41, 5.74) is 14.1. The SMILES string of the molecule is C[NH+](C)CCOC(=O)c1ccccc1.[N-]=[N+]=[N-]. The second-order valence-corrected chi connectivity index (χ2v) is 3.55. The van der Waals surface area contributed by atoms with Gasteiger partial charge in [-0.3, -0.25) is 4.91 Å². The summed E-state index contributed by atoms with van der Waals surface area (Å²) in [6.07, 6.45) is 0. The molecule has 1 N–H and O–H groups in total. The number of likely N-dealkylation sites (N-methyl/N-ethyl adjacent to an activating group) is 1. The molecule has 0 radical (unpaired) electrons. The Hall–Kier alpha value is -2.04. The highest BCUT2D eigenvalue weighted by molar-refractivity contribution is 5.89. The van der Waals surface area contributed by atoms with E-state index in [0.717, 1.165) is 6.54 Å². The van der Waals surface area contributed by atoms with Crippen LogP contribution >= 0.6 is 0 Å². The number of hydrogen-bond acceptors (Lipinski definition) is 2. The lowest BCUT2D eigenvalue weighted by molar-refractivity contribution is -0.858. The van der Waals surface area contributed by atoms with Crippen molar-refractivity contribution in [2.45, 2.75) is 0 Å². The third-order valence-corrected chi connectivity index (χ3v) is 1.84. The number of ether oxygens (including phenoxy) is 1. The van der Waals surface area contributed by atoms with Crippen molar-refractivity contribution in [3.63, 3.8) is 0 Å². The van der Waals surface area contributed by atoms with Crippen molar-refractivity contribution in [1.29, 1.82) is 0 Å². The number of benzene rings is 1. The summed E-state index contributed by atoms with van der Waals surface area (Å²) < 4.78 is 5.08. The number of carbonyl (C=O) groups excluding carboxylic acids is 1. The molecule has 6 nitrogen and oxygen atoms in total. The van der Waals surface area contributed by atoms with Crippen molar-refractivity contribution in [3.8, 4) is 0 Å². The van der Waals surface area contributed by atoms with Gasteiger partial charge in [-0.2, -0.15) is 0 Å². The molecule has 17 heavy (non-hydrogen) atoms. The van der Waals surface area contributed by atoms with E-state index in [0.29, 0.717) is 12.2 Å². The van der Waals surface area contributed by atoms with Crippen LogP contribution in [0.25, 0.3) is 16.0 Å². The van der Waals surface area contributed by atoms with Crippen LogP contribution in [-0.2, 0) is 4.74 Å². The van der Waals surface area contributed by atoms with E-state index in [2.05, 4.69) is 0 Å². The fraction of sp³-hybridized carbons (Fsp3) is 0.364. The molecule has 0 atom stereocenters. The van der Waals surface area contributed by atoms with Gasteiger partial charge in [0, 0.05) is 0 Å². The van der Waals surface area contributed by atoms with Gasteiger partial charge in [-0.15, -0.1) is 0 Å². The number of carbonyl (C=O) groups is 1. The molecule has 0 aromatic heterocycles. The predicted molar refractivity (Wildman–Crippen MR) is 64.5 cm³/mol. The Labute approximate surface area is 100 Å². The third kappa shape index (κ3) is 7.84. The summed E-state index contributed by atoms with van der Waals surface area (Å²) in [5, 5.41) is 0. The summed E-state index contributed by atoms with van der Waals surface area (Å²) in [5.74, 6) is -0.244. The zero-order chi connectivity index (χ0) is 13.1. The molecule has 0 unspecified atom stereocenters. The first kappa shape index (κ1) is 15.0. The number of nitrogens with zero attached hydrogens (tertiary/aromatic N) is 3. The van der Waals surface area contributed by atoms with Crippen molar-refractivity contribution in [1.82, 2.24) is 0 Å². The number of rotatable bonds is 4. The second-order valence-electron chi connectivity index (χ2n) is 3.55. The number of quaternary nitrogens is 1. The van der Waals surface area contributed by atoms with Gasteiger partial charge in [0.25, 0.3) is 0 Å². The molecule has 0 heterocycles. The minimum Gasteiger partial charge on any atom is -0.456 e. The Morgan fingerprint density at radius 3 is 2.29 bits per heavy atom. The van der Waals surface area contributed by atoms with Crippen LogP contribution in [-0.4, -0.2) is 33.2 Å². The zero-order valence-electron chi connectivity index (χ0n) is 9.96. The summed E-state index contributed by atoms with van der Waals surface area (Å²) in [4.78, 5) is 14.2. The van der Waals surface area contributed by atoms with Crippen LogP contribution in [0.15, 0.2) is 30.3 Å². The van der Waals surface area contributed by atoms with E-state index in [1.54, 1.807) is 12.1 Å². The highest BCUT2D eigenvalue weighted by Gasteiger charge is 2.05. The lowest BCUT2D eigenvalue weighted by Crippen LogP contribution is -3.06. The Morgan fingerprint density at radius 1 is 1.29 bits per heavy atom. The van der Waals surface area contributed by atoms with Crippen LogP contribution in [0.4, 0.5) is 0 Å². The van der Waals surface area contributed by atoms with Crippen molar-refractivity contribution in [3.05, 3.63) is 51.9 Å². The van der Waals surface area contributed by atoms with Gasteiger partial charge in [0.1, 0.15) is 13.2 Å². The molecule has 6 heteroatoms. The Morgan fingerprint density at radius 2 is 1.82 bits per heavy atom. The number of nitrogens with one attached hydrogen (secondary N) is 1. The molecule has 92 valence electrons. The molecule has 0 aliphatic heterocycles. The maximum atomic E-state index is 11.4. The molecule has 1 aromatic rings. The Kier molecular flexibility index (Phi) is 8.10. The summed E-state index contributed by atoms with van der Waals surface area (Å²) in [6.45, 7) is 1.30. The van der Waals surface area contributed by atoms with Gasteiger partial charge in [-0.05, 0) is 12.1 Å². The first-order valence-electron chi connectivity index (χ1n) is 5.11. The van der Waals surface area contributed by atoms with E-state index in [9.17, 15) is 4.79 Å². The fourth-order valence-electron chi connectivity index (χ4n) is 1.01. The van der Waals surface area contributed by atoms with Crippen LogP contribution in [0.1, 0.15) is 10.4 Å². The summed E-state index contributed by atoms with van der Waals surface area (Å²) >= 11 is 0. The molecule has 0 saturated heterocycles. The van der Waals surface area contributed by atoms with Gasteiger partial charge in [0.05, 0.1) is 19.7 Å². The average Bonchev–Trinajstić information content (AvgIpc) is 2.30. The molecule has 0 saturated carbocycles. The third-order valence-electron chi connectivity index (χ3n) is 1.84. The molecule has 0 bridgehead atoms. The van der Waals surface area contributed by atoms with Gasteiger partial charge in [-0.25, -0.2) is 4.79 Å². The van der Waals surface area contributed by atoms with Crippen LogP contribution in [0.3, 0.4) is 0 Å². The van der Waals surface area contributed by atoms with Gasteiger partial charge in [0.15, 0.2) is 0 Å². The lowest BCUT2D eigenvalue weighted by atomic mass is 10.2. The van der Waals surface area contributed by atoms with Crippen molar-refractivity contribution in [2.75, 3.05) is 27.2 Å². The molecule has 0 fully saturated rings. The van der Waals surface area contributed by atoms with E-state index in [1.165, 1.54) is 9.81 Å². The van der Waals surface area contributed by atoms with Crippen LogP contribution < -0.4 is 4.90 Å². The second kappa shape index (κ2) is 9.21. The smallest absolute Gasteiger partial charge is 0.338 e. The molecular formula is C11H16N4O2. The zero-order valence-corrected chi connectivity index (χ0v) is 9.96. The molecule has 1 rings (SSSR count). The van der Waals surface area contributed by atoms with Crippen LogP contribution in [0.5, 0.6) is 0 Å². The maximum Gasteiger partial charge on any atom is 0.338 e. The topological polar surface area (TPSA) is 89.4 Å². The molecule has 0 aliphatic carbocycles. The first-order valence-corrected chi connectivity index (χ1v) is 5.11. The van der Waals surface area contributed by atoms with E-state index >= 15 is 0 Å². The normalized spacial score (nSPS) is 8.88. The predicted octanol–water partition coefficient (Wildman–Crippen LogP) is 0.854. The van der Waals surface area contributed by atoms with E-state index in [-0.39, 0.29) is 5.97 Å². The van der Waals surface area contributed by atoms with E-state index < -0.39 is 0 Å². The quantitative estimate of drug-likeness (QED) is 0.363. The largest absolute Gasteiger partial charge is 0.456 e. The van der Waals surface area contributed by atoms with Gasteiger partial charge in [0.2, 0.25) is 0 Å². The lowest BCUT2D eigenvalue weighted by Gasteiger charge is -2.07. The highest BCUT2D eigenvalue weighted by atomic mass is 16.5. The van der Waals surface area contributed by atoms with E-state index in [4.69, 9.17) is 15.8 Å². The fourth-order valence-corrected chi connectivity index (χ4v) is 1.01. The summed E-state index contributed by atoms with van der Waals surface area (Å²) in [6, 6.07) is 9.04. The minimum absolute atomic E-state index is 0.244. The molecular weight excluding hydrogens is 220 g/mol.